The first-order valence-corrected chi connectivity index (χ1v) is 5.42. The molecule has 0 spiro atoms. The van der Waals surface area contributed by atoms with Crippen LogP contribution >= 0.6 is 0 Å². The molecule has 1 aromatic heterocycles. The van der Waals surface area contributed by atoms with Crippen LogP contribution in [-0.4, -0.2) is 15.6 Å². The van der Waals surface area contributed by atoms with Crippen LogP contribution in [0.5, 0.6) is 0 Å². The smallest absolute Gasteiger partial charge is 0.143 e. The second-order valence-corrected chi connectivity index (χ2v) is 4.15. The topological polar surface area (TPSA) is 34.9 Å². The molecule has 3 heteroatoms. The van der Waals surface area contributed by atoms with Gasteiger partial charge in [-0.05, 0) is 5.56 Å². The predicted octanol–water partition coefficient (Wildman–Crippen LogP) is 1.60. The van der Waals surface area contributed by atoms with Gasteiger partial charge < -0.3 is 0 Å². The van der Waals surface area contributed by atoms with Crippen LogP contribution in [0.1, 0.15) is 16.8 Å². The Kier molecular flexibility index (Phi) is 2.10. The molecule has 0 saturated heterocycles. The first-order valence-electron chi connectivity index (χ1n) is 5.42. The molecule has 0 unspecified atom stereocenters. The molecule has 1 aromatic carbocycles. The number of fused-ring (bicyclic) bond motifs is 1. The number of carbonyl (C=O) groups excluding carboxylic acids is 1. The number of hydrogen-bond donors (Lipinski definition) is 0. The Morgan fingerprint density at radius 3 is 2.81 bits per heavy atom. The summed E-state index contributed by atoms with van der Waals surface area (Å²) >= 11 is 0. The van der Waals surface area contributed by atoms with Crippen molar-refractivity contribution in [3.05, 3.63) is 53.3 Å². The Morgan fingerprint density at radius 2 is 2.00 bits per heavy atom. The molecule has 16 heavy (non-hydrogen) atoms. The molecule has 3 nitrogen and oxygen atoms in total. The summed E-state index contributed by atoms with van der Waals surface area (Å²) in [6.45, 7) is 0.753. The maximum atomic E-state index is 11.3. The van der Waals surface area contributed by atoms with E-state index < -0.39 is 0 Å². The normalized spacial score (nSPS) is 14.1. The van der Waals surface area contributed by atoms with E-state index in [1.165, 1.54) is 5.56 Å². The number of carbonyl (C=O) groups is 1. The molecule has 0 aliphatic heterocycles. The van der Waals surface area contributed by atoms with Crippen molar-refractivity contribution in [1.82, 2.24) is 9.78 Å². The molecule has 0 fully saturated rings. The summed E-state index contributed by atoms with van der Waals surface area (Å²) in [7, 11) is 0. The molecule has 0 N–H and O–H groups in total. The van der Waals surface area contributed by atoms with Crippen molar-refractivity contribution in [3.8, 4) is 0 Å². The minimum atomic E-state index is 0.300. The van der Waals surface area contributed by atoms with E-state index in [9.17, 15) is 4.79 Å². The Hall–Kier alpha value is -1.90. The third-order valence-corrected chi connectivity index (χ3v) is 2.96. The molecule has 1 aliphatic rings. The minimum Gasteiger partial charge on any atom is -0.299 e. The molecule has 1 heterocycles. The highest BCUT2D eigenvalue weighted by Crippen LogP contribution is 2.19. The Morgan fingerprint density at radius 1 is 1.19 bits per heavy atom. The van der Waals surface area contributed by atoms with Crippen LogP contribution in [0.25, 0.3) is 0 Å². The largest absolute Gasteiger partial charge is 0.299 e. The van der Waals surface area contributed by atoms with Gasteiger partial charge in [0.05, 0.1) is 12.7 Å². The van der Waals surface area contributed by atoms with Gasteiger partial charge in [0.2, 0.25) is 0 Å². The van der Waals surface area contributed by atoms with E-state index in [1.807, 2.05) is 29.1 Å². The van der Waals surface area contributed by atoms with Crippen molar-refractivity contribution < 1.29 is 4.79 Å². The lowest BCUT2D eigenvalue weighted by atomic mass is 10.2. The first kappa shape index (κ1) is 9.33. The minimum absolute atomic E-state index is 0.300. The molecule has 0 bridgehead atoms. The number of benzene rings is 1. The summed E-state index contributed by atoms with van der Waals surface area (Å²) in [5, 5.41) is 4.33. The molecule has 0 saturated carbocycles. The number of aromatic nitrogens is 2. The fraction of sp³-hybridized carbons (Fsp3) is 0.231. The second-order valence-electron chi connectivity index (χ2n) is 4.15. The summed E-state index contributed by atoms with van der Waals surface area (Å²) in [4.78, 5) is 11.3. The number of nitrogens with zero attached hydrogens (tertiary/aromatic N) is 2. The van der Waals surface area contributed by atoms with Crippen LogP contribution in [-0.2, 0) is 24.2 Å². The zero-order valence-electron chi connectivity index (χ0n) is 8.89. The Bertz CT molecular complexity index is 528. The van der Waals surface area contributed by atoms with Gasteiger partial charge in [-0.25, -0.2) is 0 Å². The van der Waals surface area contributed by atoms with Gasteiger partial charge >= 0.3 is 0 Å². The third kappa shape index (κ3) is 1.54. The Labute approximate surface area is 93.7 Å². The van der Waals surface area contributed by atoms with Gasteiger partial charge in [0, 0.05) is 24.1 Å². The van der Waals surface area contributed by atoms with Crippen molar-refractivity contribution in [2.45, 2.75) is 19.4 Å². The van der Waals surface area contributed by atoms with Gasteiger partial charge in [-0.15, -0.1) is 0 Å². The average Bonchev–Trinajstić information content (AvgIpc) is 2.81. The lowest BCUT2D eigenvalue weighted by Crippen LogP contribution is -2.07. The van der Waals surface area contributed by atoms with Gasteiger partial charge in [-0.1, -0.05) is 30.3 Å². The van der Waals surface area contributed by atoms with Crippen molar-refractivity contribution in [2.24, 2.45) is 0 Å². The zero-order chi connectivity index (χ0) is 11.0. The van der Waals surface area contributed by atoms with E-state index in [1.54, 1.807) is 0 Å². The van der Waals surface area contributed by atoms with E-state index in [0.717, 1.165) is 17.8 Å². The number of Topliss-reactive ketones (excluding diaryl/α,β-unsaturated/α-hetero) is 1. The van der Waals surface area contributed by atoms with Crippen LogP contribution in [0, 0.1) is 0 Å². The lowest BCUT2D eigenvalue weighted by molar-refractivity contribution is -0.117. The molecule has 0 atom stereocenters. The van der Waals surface area contributed by atoms with E-state index in [-0.39, 0.29) is 0 Å². The van der Waals surface area contributed by atoms with E-state index >= 15 is 0 Å². The second kappa shape index (κ2) is 3.59. The molecular formula is C13H12N2O. The fourth-order valence-electron chi connectivity index (χ4n) is 2.16. The molecule has 80 valence electrons. The third-order valence-electron chi connectivity index (χ3n) is 2.96. The Balaban J connectivity index is 1.90. The summed E-state index contributed by atoms with van der Waals surface area (Å²) < 4.78 is 1.94. The van der Waals surface area contributed by atoms with Gasteiger partial charge in [0.15, 0.2) is 0 Å². The summed E-state index contributed by atoms with van der Waals surface area (Å²) in [6.07, 6.45) is 2.93. The summed E-state index contributed by atoms with van der Waals surface area (Å²) in [6, 6.07) is 10.2. The van der Waals surface area contributed by atoms with Crippen molar-refractivity contribution in [3.63, 3.8) is 0 Å². The highest BCUT2D eigenvalue weighted by atomic mass is 16.1. The summed E-state index contributed by atoms with van der Waals surface area (Å²) in [5.74, 6) is 0.300. The van der Waals surface area contributed by atoms with E-state index in [4.69, 9.17) is 0 Å². The lowest BCUT2D eigenvalue weighted by Gasteiger charge is -2.04. The SMILES string of the molecule is O=C1Cc2cnn(Cc3ccccc3)c2C1. The van der Waals surface area contributed by atoms with Crippen molar-refractivity contribution in [1.29, 1.82) is 0 Å². The molecular weight excluding hydrogens is 200 g/mol. The average molecular weight is 212 g/mol. The van der Waals surface area contributed by atoms with Crippen LogP contribution in [0.2, 0.25) is 0 Å². The van der Waals surface area contributed by atoms with E-state index in [0.29, 0.717) is 18.6 Å². The molecule has 0 amide bonds. The maximum Gasteiger partial charge on any atom is 0.143 e. The zero-order valence-corrected chi connectivity index (χ0v) is 8.89. The van der Waals surface area contributed by atoms with Gasteiger partial charge in [-0.3, -0.25) is 9.48 Å². The predicted molar refractivity (Wildman–Crippen MR) is 60.2 cm³/mol. The molecule has 3 rings (SSSR count). The number of rotatable bonds is 2. The van der Waals surface area contributed by atoms with Crippen molar-refractivity contribution in [2.75, 3.05) is 0 Å². The van der Waals surface area contributed by atoms with Crippen LogP contribution < -0.4 is 0 Å². The summed E-state index contributed by atoms with van der Waals surface area (Å²) in [5.41, 5.74) is 3.41. The van der Waals surface area contributed by atoms with Crippen LogP contribution in [0.3, 0.4) is 0 Å². The monoisotopic (exact) mass is 212 g/mol. The highest BCUT2D eigenvalue weighted by Gasteiger charge is 2.22. The van der Waals surface area contributed by atoms with Gasteiger partial charge in [0.25, 0.3) is 0 Å². The molecule has 1 aliphatic carbocycles. The van der Waals surface area contributed by atoms with Gasteiger partial charge in [-0.2, -0.15) is 5.10 Å². The van der Waals surface area contributed by atoms with E-state index in [2.05, 4.69) is 17.2 Å². The standard InChI is InChI=1S/C13H12N2O/c16-12-6-11-8-14-15(13(11)7-12)9-10-4-2-1-3-5-10/h1-5,8H,6-7,9H2. The van der Waals surface area contributed by atoms with Crippen LogP contribution in [0.4, 0.5) is 0 Å². The van der Waals surface area contributed by atoms with Crippen molar-refractivity contribution >= 4 is 5.78 Å². The quantitative estimate of drug-likeness (QED) is 0.757. The maximum absolute atomic E-state index is 11.3. The molecule has 2 aromatic rings. The molecule has 0 radical (unpaired) electrons. The first-order chi connectivity index (χ1) is 7.83. The van der Waals surface area contributed by atoms with Gasteiger partial charge in [0.1, 0.15) is 5.78 Å². The number of hydrogen-bond acceptors (Lipinski definition) is 2. The van der Waals surface area contributed by atoms with Crippen LogP contribution in [0.15, 0.2) is 36.5 Å². The highest BCUT2D eigenvalue weighted by molar-refractivity contribution is 5.87. The fourth-order valence-corrected chi connectivity index (χ4v) is 2.16. The number of ketones is 1.